The number of carbonyl (C=O) groups excluding carboxylic acids is 1. The Hall–Kier alpha value is -1.46. The summed E-state index contributed by atoms with van der Waals surface area (Å²) in [5, 5.41) is 9.48. The van der Waals surface area contributed by atoms with Gasteiger partial charge in [-0.15, -0.1) is 0 Å². The van der Waals surface area contributed by atoms with E-state index in [1.807, 2.05) is 13.8 Å². The monoisotopic (exact) mass is 298 g/mol. The molecule has 0 aromatic heterocycles. The number of hydrogen-bond acceptors (Lipinski definition) is 3. The maximum atomic E-state index is 11.6. The quantitative estimate of drug-likeness (QED) is 0.471. The zero-order chi connectivity index (χ0) is 15.7. The summed E-state index contributed by atoms with van der Waals surface area (Å²) in [4.78, 5) is 16.1. The third-order valence-electron chi connectivity index (χ3n) is 3.22. The lowest BCUT2D eigenvalue weighted by atomic mass is 10.2. The summed E-state index contributed by atoms with van der Waals surface area (Å²) < 4.78 is 4.96. The van der Waals surface area contributed by atoms with E-state index < -0.39 is 0 Å². The molecule has 0 bridgehead atoms. The number of nitrogens with zero attached hydrogens (tertiary/aromatic N) is 1. The van der Waals surface area contributed by atoms with Crippen molar-refractivity contribution >= 4 is 12.1 Å². The molecule has 1 atom stereocenters. The van der Waals surface area contributed by atoms with Crippen LogP contribution in [0.4, 0.5) is 4.79 Å². The second-order valence-electron chi connectivity index (χ2n) is 5.80. The van der Waals surface area contributed by atoms with Gasteiger partial charge in [0.15, 0.2) is 5.96 Å². The first-order valence-electron chi connectivity index (χ1n) is 8.02. The minimum atomic E-state index is -0.333. The summed E-state index contributed by atoms with van der Waals surface area (Å²) in [5.41, 5.74) is 0. The van der Waals surface area contributed by atoms with E-state index in [0.717, 1.165) is 19.0 Å². The van der Waals surface area contributed by atoms with Gasteiger partial charge in [-0.3, -0.25) is 4.99 Å². The minimum absolute atomic E-state index is 0.104. The summed E-state index contributed by atoms with van der Waals surface area (Å²) in [6, 6.07) is 0.104. The Morgan fingerprint density at radius 2 is 2.00 bits per heavy atom. The van der Waals surface area contributed by atoms with Gasteiger partial charge in [0.1, 0.15) is 0 Å². The Bertz CT molecular complexity index is 341. The number of aliphatic imine (C=N–C) groups is 1. The van der Waals surface area contributed by atoms with Crippen LogP contribution >= 0.6 is 0 Å². The largest absolute Gasteiger partial charge is 0.450 e. The molecule has 6 heteroatoms. The van der Waals surface area contributed by atoms with Gasteiger partial charge in [0.2, 0.25) is 0 Å². The Balaban J connectivity index is 2.45. The van der Waals surface area contributed by atoms with Gasteiger partial charge in [-0.25, -0.2) is 4.79 Å². The van der Waals surface area contributed by atoms with Gasteiger partial charge in [0.05, 0.1) is 12.6 Å². The smallest absolute Gasteiger partial charge is 0.407 e. The Morgan fingerprint density at radius 1 is 1.29 bits per heavy atom. The molecule has 0 spiro atoms. The minimum Gasteiger partial charge on any atom is -0.450 e. The molecular weight excluding hydrogens is 268 g/mol. The van der Waals surface area contributed by atoms with Gasteiger partial charge in [-0.1, -0.05) is 13.8 Å². The molecule has 1 amide bonds. The normalized spacial score (nSPS) is 16.5. The van der Waals surface area contributed by atoms with Crippen LogP contribution < -0.4 is 16.0 Å². The number of nitrogens with one attached hydrogen (secondary N) is 3. The summed E-state index contributed by atoms with van der Waals surface area (Å²) in [7, 11) is 0. The third-order valence-corrected chi connectivity index (χ3v) is 3.22. The second-order valence-corrected chi connectivity index (χ2v) is 5.80. The maximum Gasteiger partial charge on any atom is 0.407 e. The topological polar surface area (TPSA) is 74.8 Å². The van der Waals surface area contributed by atoms with E-state index in [2.05, 4.69) is 34.8 Å². The molecule has 1 unspecified atom stereocenters. The second kappa shape index (κ2) is 9.47. The molecule has 0 radical (unpaired) electrons. The van der Waals surface area contributed by atoms with E-state index in [1.54, 1.807) is 0 Å². The van der Waals surface area contributed by atoms with Crippen LogP contribution in [0.15, 0.2) is 4.99 Å². The average Bonchev–Trinajstić information content (AvgIpc) is 3.24. The van der Waals surface area contributed by atoms with E-state index >= 15 is 0 Å². The van der Waals surface area contributed by atoms with Crippen LogP contribution in [0.3, 0.4) is 0 Å². The van der Waals surface area contributed by atoms with E-state index in [1.165, 1.54) is 12.8 Å². The van der Waals surface area contributed by atoms with Crippen molar-refractivity contribution in [3.63, 3.8) is 0 Å². The Morgan fingerprint density at radius 3 is 2.52 bits per heavy atom. The summed E-state index contributed by atoms with van der Waals surface area (Å²) in [5.74, 6) is 1.88. The standard InChI is InChI=1S/C15H30N4O2/c1-5-16-14(17-9-11(3)4)18-10-13(12-7-8-12)19-15(20)21-6-2/h11-13H,5-10H2,1-4H3,(H,19,20)(H2,16,17,18). The molecule has 0 saturated heterocycles. The summed E-state index contributed by atoms with van der Waals surface area (Å²) in [6.07, 6.45) is 2.00. The van der Waals surface area contributed by atoms with Crippen molar-refractivity contribution in [3.8, 4) is 0 Å². The highest BCUT2D eigenvalue weighted by Gasteiger charge is 2.32. The molecule has 0 aromatic carbocycles. The highest BCUT2D eigenvalue weighted by atomic mass is 16.5. The SMILES string of the molecule is CCNC(=NCC(C)C)NCC(NC(=O)OCC)C1CC1. The predicted molar refractivity (Wildman–Crippen MR) is 85.5 cm³/mol. The van der Waals surface area contributed by atoms with Crippen LogP contribution in [-0.2, 0) is 4.74 Å². The highest BCUT2D eigenvalue weighted by Crippen LogP contribution is 2.32. The zero-order valence-corrected chi connectivity index (χ0v) is 13.7. The van der Waals surface area contributed by atoms with E-state index in [9.17, 15) is 4.79 Å². The van der Waals surface area contributed by atoms with Crippen LogP contribution in [0.2, 0.25) is 0 Å². The lowest BCUT2D eigenvalue weighted by molar-refractivity contribution is 0.146. The maximum absolute atomic E-state index is 11.6. The molecule has 6 nitrogen and oxygen atoms in total. The van der Waals surface area contributed by atoms with Crippen LogP contribution in [0.5, 0.6) is 0 Å². The van der Waals surface area contributed by atoms with Gasteiger partial charge in [-0.2, -0.15) is 0 Å². The number of guanidine groups is 1. The van der Waals surface area contributed by atoms with Crippen molar-refractivity contribution in [3.05, 3.63) is 0 Å². The van der Waals surface area contributed by atoms with E-state index in [-0.39, 0.29) is 12.1 Å². The van der Waals surface area contributed by atoms with Crippen molar-refractivity contribution in [1.82, 2.24) is 16.0 Å². The summed E-state index contributed by atoms with van der Waals surface area (Å²) >= 11 is 0. The van der Waals surface area contributed by atoms with Gasteiger partial charge < -0.3 is 20.7 Å². The number of rotatable bonds is 8. The zero-order valence-electron chi connectivity index (χ0n) is 13.7. The van der Waals surface area contributed by atoms with E-state index in [0.29, 0.717) is 25.0 Å². The number of carbonyl (C=O) groups is 1. The van der Waals surface area contributed by atoms with Crippen LogP contribution in [0, 0.1) is 11.8 Å². The fourth-order valence-corrected chi connectivity index (χ4v) is 1.98. The van der Waals surface area contributed by atoms with Crippen LogP contribution in [0.1, 0.15) is 40.5 Å². The molecule has 1 rings (SSSR count). The van der Waals surface area contributed by atoms with Crippen molar-refractivity contribution in [2.75, 3.05) is 26.2 Å². The molecule has 1 fully saturated rings. The molecule has 0 aliphatic heterocycles. The van der Waals surface area contributed by atoms with Gasteiger partial charge >= 0.3 is 6.09 Å². The molecule has 1 aliphatic carbocycles. The molecule has 122 valence electrons. The van der Waals surface area contributed by atoms with Gasteiger partial charge in [0, 0.05) is 19.6 Å². The Labute approximate surface area is 128 Å². The van der Waals surface area contributed by atoms with Gasteiger partial charge in [0.25, 0.3) is 0 Å². The molecule has 1 aliphatic rings. The first-order chi connectivity index (χ1) is 10.1. The predicted octanol–water partition coefficient (Wildman–Crippen LogP) is 1.72. The van der Waals surface area contributed by atoms with Crippen molar-refractivity contribution < 1.29 is 9.53 Å². The number of alkyl carbamates (subject to hydrolysis) is 1. The van der Waals surface area contributed by atoms with Crippen LogP contribution in [0.25, 0.3) is 0 Å². The van der Waals surface area contributed by atoms with Crippen molar-refractivity contribution in [1.29, 1.82) is 0 Å². The van der Waals surface area contributed by atoms with Crippen molar-refractivity contribution in [2.24, 2.45) is 16.8 Å². The van der Waals surface area contributed by atoms with Gasteiger partial charge in [-0.05, 0) is 38.5 Å². The Kier molecular flexibility index (Phi) is 7.93. The first kappa shape index (κ1) is 17.6. The number of ether oxygens (including phenoxy) is 1. The highest BCUT2D eigenvalue weighted by molar-refractivity contribution is 5.79. The fraction of sp³-hybridized carbons (Fsp3) is 0.867. The number of hydrogen-bond donors (Lipinski definition) is 3. The lowest BCUT2D eigenvalue weighted by Crippen LogP contribution is -2.48. The molecule has 1 saturated carbocycles. The third kappa shape index (κ3) is 7.78. The first-order valence-corrected chi connectivity index (χ1v) is 8.02. The molecule has 0 aromatic rings. The fourth-order valence-electron chi connectivity index (χ4n) is 1.98. The lowest BCUT2D eigenvalue weighted by Gasteiger charge is -2.20. The average molecular weight is 298 g/mol. The van der Waals surface area contributed by atoms with E-state index in [4.69, 9.17) is 4.74 Å². The number of amides is 1. The molecule has 3 N–H and O–H groups in total. The van der Waals surface area contributed by atoms with Crippen LogP contribution in [-0.4, -0.2) is 44.3 Å². The molecule has 21 heavy (non-hydrogen) atoms. The summed E-state index contributed by atoms with van der Waals surface area (Å²) in [6.45, 7) is 10.8. The van der Waals surface area contributed by atoms with Crippen molar-refractivity contribution in [2.45, 2.75) is 46.6 Å². The molecular formula is C15H30N4O2. The molecule has 0 heterocycles.